The maximum Gasteiger partial charge on any atom is 0.199 e. The summed E-state index contributed by atoms with van der Waals surface area (Å²) in [6, 6.07) is 21.6. The maximum absolute atomic E-state index is 13.4. The minimum Gasteiger partial charge on any atom is -0.590 e. The Labute approximate surface area is 165 Å². The number of benzene rings is 3. The van der Waals surface area contributed by atoms with Crippen molar-refractivity contribution in [2.75, 3.05) is 14.2 Å². The van der Waals surface area contributed by atoms with Crippen LogP contribution in [-0.2, 0) is 0 Å². The van der Waals surface area contributed by atoms with E-state index in [2.05, 4.69) is 0 Å². The molecule has 0 radical (unpaired) electrons. The number of rotatable bonds is 5. The van der Waals surface area contributed by atoms with E-state index in [-0.39, 0.29) is 5.78 Å². The quantitative estimate of drug-likeness (QED) is 0.334. The normalized spacial score (nSPS) is 11.5. The zero-order valence-corrected chi connectivity index (χ0v) is 16.3. The van der Waals surface area contributed by atoms with Gasteiger partial charge in [-0.2, -0.15) is 0 Å². The Morgan fingerprint density at radius 2 is 1.50 bits per heavy atom. The number of carbonyl (C=O) groups is 1. The number of carbonyl (C=O) groups excluding carboxylic acids is 1. The van der Waals surface area contributed by atoms with Crippen molar-refractivity contribution >= 4 is 26.6 Å². The van der Waals surface area contributed by atoms with Crippen molar-refractivity contribution in [3.63, 3.8) is 0 Å². The molecule has 5 heteroatoms. The molecule has 28 heavy (non-hydrogen) atoms. The molecule has 0 fully saturated rings. The molecular formula is C23H18O4S. The molecule has 1 heterocycles. The van der Waals surface area contributed by atoms with Gasteiger partial charge in [-0.05, 0) is 47.1 Å². The van der Waals surface area contributed by atoms with Gasteiger partial charge in [-0.15, -0.1) is 0 Å². The van der Waals surface area contributed by atoms with Crippen LogP contribution in [0.1, 0.15) is 15.9 Å². The lowest BCUT2D eigenvalue weighted by Gasteiger charge is -2.05. The SMILES string of the molecule is COc1ccc(-c2c(C(=O)c3ccccc3)c3ccc(OC)cc3[s+]2[O-])cc1. The molecule has 4 nitrogen and oxygen atoms in total. The molecule has 0 amide bonds. The molecule has 0 aliphatic heterocycles. The number of methoxy groups -OCH3 is 2. The summed E-state index contributed by atoms with van der Waals surface area (Å²) < 4.78 is 24.5. The van der Waals surface area contributed by atoms with Gasteiger partial charge in [0.2, 0.25) is 0 Å². The highest BCUT2D eigenvalue weighted by Crippen LogP contribution is 2.46. The first kappa shape index (κ1) is 18.2. The smallest absolute Gasteiger partial charge is 0.199 e. The van der Waals surface area contributed by atoms with Crippen LogP contribution in [0.25, 0.3) is 20.5 Å². The fourth-order valence-corrected chi connectivity index (χ4v) is 4.82. The molecule has 1 aromatic heterocycles. The molecule has 0 saturated heterocycles. The second kappa shape index (κ2) is 7.46. The Morgan fingerprint density at radius 3 is 2.14 bits per heavy atom. The van der Waals surface area contributed by atoms with Crippen LogP contribution in [0.15, 0.2) is 72.8 Å². The molecule has 140 valence electrons. The maximum atomic E-state index is 13.4. The first-order valence-corrected chi connectivity index (χ1v) is 9.87. The molecule has 0 aliphatic carbocycles. The summed E-state index contributed by atoms with van der Waals surface area (Å²) in [6.45, 7) is 0. The van der Waals surface area contributed by atoms with Crippen molar-refractivity contribution in [2.24, 2.45) is 0 Å². The molecule has 0 N–H and O–H groups in total. The van der Waals surface area contributed by atoms with E-state index in [0.717, 1.165) is 5.56 Å². The average Bonchev–Trinajstić information content (AvgIpc) is 3.05. The van der Waals surface area contributed by atoms with Crippen LogP contribution in [0.5, 0.6) is 11.5 Å². The Hall–Kier alpha value is -3.15. The fourth-order valence-electron chi connectivity index (χ4n) is 3.27. The van der Waals surface area contributed by atoms with Crippen molar-refractivity contribution < 1.29 is 18.8 Å². The second-order valence-electron chi connectivity index (χ2n) is 6.26. The van der Waals surface area contributed by atoms with E-state index in [1.165, 1.54) is 0 Å². The lowest BCUT2D eigenvalue weighted by Crippen LogP contribution is -2.02. The summed E-state index contributed by atoms with van der Waals surface area (Å²) in [7, 11) is 1.66. The van der Waals surface area contributed by atoms with Crippen molar-refractivity contribution in [1.82, 2.24) is 0 Å². The largest absolute Gasteiger partial charge is 0.590 e. The van der Waals surface area contributed by atoms with Crippen LogP contribution in [0.4, 0.5) is 0 Å². The number of ketones is 1. The number of fused-ring (bicyclic) bond motifs is 1. The van der Waals surface area contributed by atoms with Crippen molar-refractivity contribution in [2.45, 2.75) is 0 Å². The Kier molecular flexibility index (Phi) is 4.86. The number of ether oxygens (including phenoxy) is 2. The molecule has 4 aromatic rings. The molecule has 0 aliphatic rings. The van der Waals surface area contributed by atoms with Crippen LogP contribution in [-0.4, -0.2) is 24.6 Å². The number of hydrogen-bond donors (Lipinski definition) is 0. The molecule has 1 atom stereocenters. The highest BCUT2D eigenvalue weighted by Gasteiger charge is 2.29. The molecule has 3 aromatic carbocycles. The monoisotopic (exact) mass is 390 g/mol. The number of hydrogen-bond acceptors (Lipinski definition) is 4. The summed E-state index contributed by atoms with van der Waals surface area (Å²) in [4.78, 5) is 13.9. The average molecular weight is 390 g/mol. The van der Waals surface area contributed by atoms with Gasteiger partial charge in [0, 0.05) is 17.2 Å². The number of thiophene rings is 1. The van der Waals surface area contributed by atoms with Crippen molar-refractivity contribution in [3.8, 4) is 21.9 Å². The van der Waals surface area contributed by atoms with Gasteiger partial charge >= 0.3 is 0 Å². The van der Waals surface area contributed by atoms with Crippen LogP contribution >= 0.6 is 10.8 Å². The van der Waals surface area contributed by atoms with Crippen LogP contribution in [0.2, 0.25) is 0 Å². The van der Waals surface area contributed by atoms with Crippen molar-refractivity contribution in [3.05, 3.63) is 83.9 Å². The van der Waals surface area contributed by atoms with Crippen LogP contribution < -0.4 is 9.47 Å². The lowest BCUT2D eigenvalue weighted by atomic mass is 9.97. The lowest BCUT2D eigenvalue weighted by molar-refractivity contribution is 0.104. The molecule has 0 spiro atoms. The summed E-state index contributed by atoms with van der Waals surface area (Å²) >= 11 is 0. The first-order chi connectivity index (χ1) is 13.6. The summed E-state index contributed by atoms with van der Waals surface area (Å²) in [5, 5.41) is 0.679. The Morgan fingerprint density at radius 1 is 0.857 bits per heavy atom. The minimum absolute atomic E-state index is 0.149. The van der Waals surface area contributed by atoms with Gasteiger partial charge in [-0.3, -0.25) is 4.79 Å². The Bertz CT molecular complexity index is 1140. The van der Waals surface area contributed by atoms with Gasteiger partial charge in [0.25, 0.3) is 0 Å². The molecule has 1 unspecified atom stereocenters. The standard InChI is InChI=1S/C23H18O4S/c1-26-17-10-8-16(9-11-17)23-21(22(24)15-6-4-3-5-7-15)19-13-12-18(27-2)14-20(19)28(23)25/h3-14H,1-2H3. The van der Waals surface area contributed by atoms with E-state index in [1.54, 1.807) is 56.7 Å². The predicted molar refractivity (Wildman–Crippen MR) is 111 cm³/mol. The van der Waals surface area contributed by atoms with Gasteiger partial charge in [-0.1, -0.05) is 30.3 Å². The second-order valence-corrected chi connectivity index (χ2v) is 7.64. The zero-order chi connectivity index (χ0) is 19.7. The van der Waals surface area contributed by atoms with Gasteiger partial charge in [0.15, 0.2) is 15.4 Å². The van der Waals surface area contributed by atoms with Gasteiger partial charge in [0.1, 0.15) is 11.5 Å². The predicted octanol–water partition coefficient (Wildman–Crippen LogP) is 5.48. The zero-order valence-electron chi connectivity index (χ0n) is 15.5. The van der Waals surface area contributed by atoms with Crippen LogP contribution in [0.3, 0.4) is 0 Å². The van der Waals surface area contributed by atoms with E-state index in [0.29, 0.717) is 37.6 Å². The van der Waals surface area contributed by atoms with Crippen molar-refractivity contribution in [1.29, 1.82) is 0 Å². The summed E-state index contributed by atoms with van der Waals surface area (Å²) in [6.07, 6.45) is 0. The third kappa shape index (κ3) is 3.05. The topological polar surface area (TPSA) is 58.6 Å². The summed E-state index contributed by atoms with van der Waals surface area (Å²) in [5.41, 5.74) is 1.75. The Balaban J connectivity index is 2.01. The third-order valence-corrected chi connectivity index (χ3v) is 6.23. The third-order valence-electron chi connectivity index (χ3n) is 4.69. The van der Waals surface area contributed by atoms with E-state index < -0.39 is 10.8 Å². The van der Waals surface area contributed by atoms with Gasteiger partial charge < -0.3 is 14.0 Å². The van der Waals surface area contributed by atoms with Gasteiger partial charge in [-0.25, -0.2) is 0 Å². The van der Waals surface area contributed by atoms with E-state index in [1.807, 2.05) is 30.3 Å². The fraction of sp³-hybridized carbons (Fsp3) is 0.0870. The van der Waals surface area contributed by atoms with E-state index in [4.69, 9.17) is 9.47 Å². The molecule has 0 saturated carbocycles. The molecule has 4 rings (SSSR count). The van der Waals surface area contributed by atoms with Crippen LogP contribution in [0, 0.1) is 0 Å². The summed E-state index contributed by atoms with van der Waals surface area (Å²) in [5.74, 6) is 1.15. The first-order valence-electron chi connectivity index (χ1n) is 8.72. The highest BCUT2D eigenvalue weighted by atomic mass is 32.2. The van der Waals surface area contributed by atoms with E-state index in [9.17, 15) is 9.35 Å². The molecule has 0 bridgehead atoms. The minimum atomic E-state index is -1.49. The molecular weight excluding hydrogens is 372 g/mol. The van der Waals surface area contributed by atoms with E-state index >= 15 is 0 Å². The van der Waals surface area contributed by atoms with Gasteiger partial charge in [0.05, 0.1) is 25.2 Å². The highest BCUT2D eigenvalue weighted by molar-refractivity contribution is 7.35.